The molecule has 2 unspecified atom stereocenters. The van der Waals surface area contributed by atoms with Gasteiger partial charge in [0.05, 0.1) is 17.1 Å². The van der Waals surface area contributed by atoms with Gasteiger partial charge >= 0.3 is 0 Å². The number of hydrogen-bond acceptors (Lipinski definition) is 5. The number of aliphatic hydroxyl groups excluding tert-OH is 1. The van der Waals surface area contributed by atoms with Gasteiger partial charge in [-0.15, -0.1) is 0 Å². The molecular formula is C20H27NO4. The summed E-state index contributed by atoms with van der Waals surface area (Å²) < 4.78 is 6.03. The average Bonchev–Trinajstić information content (AvgIpc) is 2.87. The van der Waals surface area contributed by atoms with Crippen molar-refractivity contribution < 1.29 is 20.1 Å². The van der Waals surface area contributed by atoms with Crippen LogP contribution in [0.3, 0.4) is 0 Å². The van der Waals surface area contributed by atoms with Gasteiger partial charge in [-0.2, -0.15) is 0 Å². The van der Waals surface area contributed by atoms with E-state index in [1.165, 1.54) is 19.3 Å². The first-order valence-corrected chi connectivity index (χ1v) is 9.61. The summed E-state index contributed by atoms with van der Waals surface area (Å²) in [7, 11) is 0. The van der Waals surface area contributed by atoms with E-state index in [9.17, 15) is 15.3 Å². The van der Waals surface area contributed by atoms with E-state index < -0.39 is 23.2 Å². The average molecular weight is 345 g/mol. The van der Waals surface area contributed by atoms with E-state index in [1.54, 1.807) is 6.07 Å². The Morgan fingerprint density at radius 3 is 2.80 bits per heavy atom. The van der Waals surface area contributed by atoms with Crippen LogP contribution >= 0.6 is 0 Å². The number of aromatic hydroxyl groups is 1. The lowest BCUT2D eigenvalue weighted by Crippen LogP contribution is -2.72. The molecule has 2 saturated carbocycles. The monoisotopic (exact) mass is 345 g/mol. The van der Waals surface area contributed by atoms with E-state index in [4.69, 9.17) is 4.74 Å². The molecule has 1 aromatic rings. The number of hydrogen-bond donors (Lipinski definition) is 4. The third kappa shape index (κ3) is 1.89. The Hall–Kier alpha value is -1.30. The first-order valence-electron chi connectivity index (χ1n) is 9.61. The smallest absolute Gasteiger partial charge is 0.165 e. The van der Waals surface area contributed by atoms with E-state index >= 15 is 0 Å². The molecule has 0 aromatic heterocycles. The molecule has 1 heterocycles. The van der Waals surface area contributed by atoms with Gasteiger partial charge in [0.2, 0.25) is 0 Å². The summed E-state index contributed by atoms with van der Waals surface area (Å²) in [5, 5.41) is 36.3. The summed E-state index contributed by atoms with van der Waals surface area (Å²) in [5.41, 5.74) is 0.333. The van der Waals surface area contributed by atoms with E-state index in [0.717, 1.165) is 30.0 Å². The highest BCUT2D eigenvalue weighted by Crippen LogP contribution is 2.61. The molecular weight excluding hydrogens is 318 g/mol. The minimum absolute atomic E-state index is 0.0558. The Balaban J connectivity index is 1.60. The summed E-state index contributed by atoms with van der Waals surface area (Å²) in [5.74, 6) is 1.28. The summed E-state index contributed by atoms with van der Waals surface area (Å²) in [6.45, 7) is 2.95. The first-order chi connectivity index (χ1) is 11.9. The maximum atomic E-state index is 11.8. The lowest BCUT2D eigenvalue weighted by molar-refractivity contribution is -0.159. The Morgan fingerprint density at radius 2 is 2.08 bits per heavy atom. The highest BCUT2D eigenvalue weighted by molar-refractivity contribution is 5.61. The van der Waals surface area contributed by atoms with Crippen molar-refractivity contribution in [2.75, 3.05) is 6.54 Å². The van der Waals surface area contributed by atoms with Crippen molar-refractivity contribution >= 4 is 0 Å². The normalized spacial score (nSPS) is 41.8. The Kier molecular flexibility index (Phi) is 3.26. The molecule has 2 fully saturated rings. The standard InChI is InChI=1S/C20H27NO4/c1-19-16-12-5-6-13(22)17(16)25-18(19)14(23)7-8-20(19,24)15(9-12)21-10-11-3-2-4-11/h5-6,11,14-15,18,21-24H,2-4,7-10H2,1H3/t14-,15+,18?,19?,20+/m1/s1. The van der Waals surface area contributed by atoms with Crippen LogP contribution in [0.25, 0.3) is 0 Å². The molecule has 0 amide bonds. The molecule has 5 rings (SSSR count). The van der Waals surface area contributed by atoms with Crippen molar-refractivity contribution in [3.05, 3.63) is 23.3 Å². The minimum Gasteiger partial charge on any atom is -0.504 e. The molecule has 0 bridgehead atoms. The van der Waals surface area contributed by atoms with Crippen molar-refractivity contribution in [3.63, 3.8) is 0 Å². The zero-order valence-electron chi connectivity index (χ0n) is 14.7. The first kappa shape index (κ1) is 15.9. The largest absolute Gasteiger partial charge is 0.504 e. The molecule has 1 aromatic carbocycles. The van der Waals surface area contributed by atoms with Gasteiger partial charge in [0, 0.05) is 11.6 Å². The predicted octanol–water partition coefficient (Wildman–Crippen LogP) is 1.61. The molecule has 0 spiro atoms. The van der Waals surface area contributed by atoms with Crippen LogP contribution in [-0.2, 0) is 11.8 Å². The summed E-state index contributed by atoms with van der Waals surface area (Å²) >= 11 is 0. The van der Waals surface area contributed by atoms with Crippen molar-refractivity contribution in [1.29, 1.82) is 0 Å². The van der Waals surface area contributed by atoms with E-state index in [0.29, 0.717) is 18.6 Å². The van der Waals surface area contributed by atoms with Gasteiger partial charge in [0.1, 0.15) is 6.10 Å². The van der Waals surface area contributed by atoms with Crippen LogP contribution in [0.4, 0.5) is 0 Å². The zero-order valence-corrected chi connectivity index (χ0v) is 14.7. The maximum absolute atomic E-state index is 11.8. The number of aliphatic hydroxyl groups is 2. The van der Waals surface area contributed by atoms with Gasteiger partial charge in [-0.1, -0.05) is 12.5 Å². The predicted molar refractivity (Wildman–Crippen MR) is 92.9 cm³/mol. The second-order valence-electron chi connectivity index (χ2n) is 8.68. The van der Waals surface area contributed by atoms with Crippen LogP contribution < -0.4 is 10.1 Å². The van der Waals surface area contributed by atoms with Gasteiger partial charge in [0.25, 0.3) is 0 Å². The van der Waals surface area contributed by atoms with E-state index in [-0.39, 0.29) is 11.8 Å². The number of ether oxygens (including phenoxy) is 1. The Labute approximate surface area is 148 Å². The summed E-state index contributed by atoms with van der Waals surface area (Å²) in [4.78, 5) is 0. The third-order valence-electron chi connectivity index (χ3n) is 7.50. The fourth-order valence-corrected chi connectivity index (χ4v) is 5.74. The number of phenols is 1. The number of phenolic OH excluding ortho intramolecular Hbond substituents is 1. The molecule has 5 nitrogen and oxygen atoms in total. The maximum Gasteiger partial charge on any atom is 0.165 e. The van der Waals surface area contributed by atoms with Crippen LogP contribution in [0.5, 0.6) is 11.5 Å². The minimum atomic E-state index is -0.979. The van der Waals surface area contributed by atoms with Gasteiger partial charge in [-0.3, -0.25) is 0 Å². The number of benzene rings is 1. The van der Waals surface area contributed by atoms with Crippen molar-refractivity contribution in [1.82, 2.24) is 5.32 Å². The number of rotatable bonds is 3. The quantitative estimate of drug-likeness (QED) is 0.669. The lowest BCUT2D eigenvalue weighted by Gasteiger charge is -2.57. The zero-order chi connectivity index (χ0) is 17.4. The fraction of sp³-hybridized carbons (Fsp3) is 0.700. The fourth-order valence-electron chi connectivity index (χ4n) is 5.74. The van der Waals surface area contributed by atoms with Gasteiger partial charge in [-0.25, -0.2) is 0 Å². The molecule has 1 aliphatic heterocycles. The van der Waals surface area contributed by atoms with Crippen LogP contribution in [-0.4, -0.2) is 45.7 Å². The van der Waals surface area contributed by atoms with Crippen molar-refractivity contribution in [2.45, 2.75) is 74.7 Å². The van der Waals surface area contributed by atoms with Crippen molar-refractivity contribution in [3.8, 4) is 11.5 Å². The summed E-state index contributed by atoms with van der Waals surface area (Å²) in [6, 6.07) is 3.57. The highest BCUT2D eigenvalue weighted by atomic mass is 16.5. The van der Waals surface area contributed by atoms with Gasteiger partial charge in [-0.05, 0) is 63.1 Å². The van der Waals surface area contributed by atoms with Gasteiger partial charge in [0.15, 0.2) is 11.5 Å². The molecule has 25 heavy (non-hydrogen) atoms. The van der Waals surface area contributed by atoms with E-state index in [2.05, 4.69) is 5.32 Å². The molecule has 0 saturated heterocycles. The Morgan fingerprint density at radius 1 is 1.28 bits per heavy atom. The topological polar surface area (TPSA) is 82.0 Å². The van der Waals surface area contributed by atoms with Gasteiger partial charge < -0.3 is 25.4 Å². The molecule has 4 N–H and O–H groups in total. The second-order valence-corrected chi connectivity index (χ2v) is 8.68. The van der Waals surface area contributed by atoms with Crippen molar-refractivity contribution in [2.24, 2.45) is 5.92 Å². The molecule has 0 radical (unpaired) electrons. The SMILES string of the molecule is CC12c3c4ccc(O)c3OC1[C@H](O)CC[C@]2(O)[C@@H](NCC1CCC1)C4. The molecule has 4 aliphatic rings. The van der Waals surface area contributed by atoms with Crippen LogP contribution in [0.1, 0.15) is 50.2 Å². The lowest BCUT2D eigenvalue weighted by atomic mass is 9.52. The molecule has 136 valence electrons. The van der Waals surface area contributed by atoms with Crippen LogP contribution in [0.2, 0.25) is 0 Å². The van der Waals surface area contributed by atoms with Crippen LogP contribution in [0, 0.1) is 5.92 Å². The molecule has 3 aliphatic carbocycles. The van der Waals surface area contributed by atoms with Crippen LogP contribution in [0.15, 0.2) is 12.1 Å². The number of nitrogens with one attached hydrogen (secondary N) is 1. The second kappa shape index (κ2) is 5.12. The van der Waals surface area contributed by atoms with E-state index in [1.807, 2.05) is 13.0 Å². The summed E-state index contributed by atoms with van der Waals surface area (Å²) in [6.07, 6.45) is 4.50. The highest BCUT2D eigenvalue weighted by Gasteiger charge is 2.68. The Bertz CT molecular complexity index is 718. The molecule has 5 heteroatoms. The third-order valence-corrected chi connectivity index (χ3v) is 7.50. The molecule has 5 atom stereocenters.